The molecule has 2 aliphatic carbocycles. The Morgan fingerprint density at radius 1 is 1.14 bits per heavy atom. The molecule has 1 saturated heterocycles. The van der Waals surface area contributed by atoms with Crippen LogP contribution in [-0.2, 0) is 33.5 Å². The zero-order chi connectivity index (χ0) is 40.1. The molecular formula is C43H57ClN6O6S. The van der Waals surface area contributed by atoms with Crippen molar-refractivity contribution in [1.82, 2.24) is 19.4 Å². The molecule has 5 aliphatic rings. The minimum atomic E-state index is -3.60. The lowest BCUT2D eigenvalue weighted by Crippen LogP contribution is -2.50. The fraction of sp³-hybridized carbons (Fsp3) is 0.605. The highest BCUT2D eigenvalue weighted by atomic mass is 35.5. The van der Waals surface area contributed by atoms with Crippen LogP contribution in [0.1, 0.15) is 90.1 Å². The number of carbonyl (C=O) groups is 2. The van der Waals surface area contributed by atoms with E-state index in [2.05, 4.69) is 50.2 Å². The van der Waals surface area contributed by atoms with Crippen molar-refractivity contribution in [2.45, 2.75) is 82.3 Å². The summed E-state index contributed by atoms with van der Waals surface area (Å²) in [5.74, 6) is 0.631. The summed E-state index contributed by atoms with van der Waals surface area (Å²) in [6.45, 7) is 5.05. The van der Waals surface area contributed by atoms with Crippen molar-refractivity contribution < 1.29 is 28.0 Å². The molecule has 12 nitrogen and oxygen atoms in total. The lowest BCUT2D eigenvalue weighted by molar-refractivity contribution is -0.0553. The second-order valence-electron chi connectivity index (χ2n) is 17.6. The van der Waals surface area contributed by atoms with Crippen LogP contribution >= 0.6 is 11.6 Å². The van der Waals surface area contributed by atoms with Gasteiger partial charge in [-0.2, -0.15) is 0 Å². The molecular weight excluding hydrogens is 764 g/mol. The van der Waals surface area contributed by atoms with Gasteiger partial charge in [-0.25, -0.2) is 4.21 Å². The summed E-state index contributed by atoms with van der Waals surface area (Å²) in [4.78, 5) is 32.6. The first kappa shape index (κ1) is 40.1. The molecule has 0 radical (unpaired) electrons. The zero-order valence-corrected chi connectivity index (χ0v) is 35.4. The normalized spacial score (nSPS) is 31.3. The number of nitrogens with one attached hydrogen (secondary N) is 1. The molecule has 1 aromatic heterocycles. The molecule has 1 saturated carbocycles. The fourth-order valence-electron chi connectivity index (χ4n) is 10.2. The van der Waals surface area contributed by atoms with Gasteiger partial charge in [-0.05, 0) is 144 Å². The number of hydrogen-bond acceptors (Lipinski definition) is 9. The maximum absolute atomic E-state index is 14.9. The molecule has 8 rings (SSSR count). The number of carbonyl (C=O) groups excluding carboxylic acids is 2. The Labute approximate surface area is 342 Å². The molecule has 14 heteroatoms. The summed E-state index contributed by atoms with van der Waals surface area (Å²) >= 11 is 6.52. The van der Waals surface area contributed by atoms with Gasteiger partial charge in [0.25, 0.3) is 11.8 Å². The highest BCUT2D eigenvalue weighted by Crippen LogP contribution is 2.50. The van der Waals surface area contributed by atoms with Gasteiger partial charge < -0.3 is 24.0 Å². The monoisotopic (exact) mass is 820 g/mol. The van der Waals surface area contributed by atoms with Crippen molar-refractivity contribution in [3.63, 3.8) is 0 Å². The molecule has 3 aliphatic heterocycles. The number of ether oxygens (including phenoxy) is 3. The van der Waals surface area contributed by atoms with Gasteiger partial charge in [0.15, 0.2) is 0 Å². The predicted molar refractivity (Wildman–Crippen MR) is 222 cm³/mol. The van der Waals surface area contributed by atoms with Crippen LogP contribution in [0.3, 0.4) is 0 Å². The Bertz CT molecular complexity index is 2130. The largest absolute Gasteiger partial charge is 0.490 e. The number of methoxy groups -OCH3 is 1. The standard InChI is InChI=1S/C43H57ClN6O6S/c1-27-8-9-29-20-33(16-18-48(2)3)56-39(29)34-13-10-31(34)22-50-25-43(17-6-7-28-19-32(44)12-14-36(28)43)26-55-38-15-11-30(21-37(38)50)40(51)46-57(53,24-27)47-41(52)35-23-49(4)45-42(35)54-5/h11-12,14-15,19,21,23,27,29,31,33-34,39H,6-10,13,16-18,20,22,24-26H2,1-5H3,(H,46,47,51,52,53)/t27-,29-,31-,33+,34+,39-,43-,57-/m0/s1. The molecule has 2 bridgehead atoms. The Kier molecular flexibility index (Phi) is 11.4. The van der Waals surface area contributed by atoms with Crippen molar-refractivity contribution >= 4 is 39.0 Å². The van der Waals surface area contributed by atoms with Crippen LogP contribution in [0.5, 0.6) is 11.6 Å². The molecule has 1 N–H and O–H groups in total. The molecule has 57 heavy (non-hydrogen) atoms. The number of nitrogens with zero attached hydrogens (tertiary/aromatic N) is 5. The molecule has 1 spiro atoms. The number of rotatable bonds is 6. The van der Waals surface area contributed by atoms with Crippen LogP contribution < -0.4 is 19.1 Å². The first-order chi connectivity index (χ1) is 27.3. The van der Waals surface area contributed by atoms with E-state index in [0.717, 1.165) is 88.1 Å². The molecule has 2 aromatic carbocycles. The number of anilines is 1. The van der Waals surface area contributed by atoms with Crippen molar-refractivity contribution in [3.8, 4) is 11.6 Å². The number of amides is 2. The fourth-order valence-corrected chi connectivity index (χ4v) is 12.3. The topological polar surface area (TPSA) is 128 Å². The van der Waals surface area contributed by atoms with Crippen LogP contribution in [0.25, 0.3) is 0 Å². The highest BCUT2D eigenvalue weighted by molar-refractivity contribution is 7.92. The number of benzene rings is 2. The van der Waals surface area contributed by atoms with Gasteiger partial charge in [-0.3, -0.25) is 19.0 Å². The van der Waals surface area contributed by atoms with Crippen molar-refractivity contribution in [1.29, 1.82) is 0 Å². The van der Waals surface area contributed by atoms with Gasteiger partial charge in [0.05, 0.1) is 37.4 Å². The average molecular weight is 821 g/mol. The van der Waals surface area contributed by atoms with E-state index in [1.165, 1.54) is 29.1 Å². The van der Waals surface area contributed by atoms with Gasteiger partial charge in [0, 0.05) is 42.3 Å². The van der Waals surface area contributed by atoms with Crippen LogP contribution in [0.4, 0.5) is 5.69 Å². The smallest absolute Gasteiger partial charge is 0.286 e. The van der Waals surface area contributed by atoms with E-state index in [1.807, 2.05) is 25.1 Å². The van der Waals surface area contributed by atoms with Crippen molar-refractivity contribution in [2.24, 2.45) is 35.1 Å². The van der Waals surface area contributed by atoms with E-state index < -0.39 is 21.7 Å². The van der Waals surface area contributed by atoms with Crippen LogP contribution in [0, 0.1) is 23.7 Å². The molecule has 2 amide bonds. The SMILES string of the molecule is COc1nn(C)cc1C(=O)N[S@@]1(=O)=NC(=O)c2ccc3c(c2)N(C[C@@H]2CC[C@H]2[C@H]2O[C@H](CCN(C)C)C[C@@H]2CC[C@H](C)C1)C[C@@]1(CCCc2cc(Cl)ccc21)CO3. The summed E-state index contributed by atoms with van der Waals surface area (Å²) in [5, 5.41) is 4.94. The molecule has 8 atom stereocenters. The Hall–Kier alpha value is -3.65. The maximum Gasteiger partial charge on any atom is 0.286 e. The molecule has 0 unspecified atom stereocenters. The van der Waals surface area contributed by atoms with E-state index in [-0.39, 0.29) is 40.7 Å². The quantitative estimate of drug-likeness (QED) is 0.290. The molecule has 3 aromatic rings. The van der Waals surface area contributed by atoms with Crippen LogP contribution in [-0.4, -0.2) is 96.1 Å². The summed E-state index contributed by atoms with van der Waals surface area (Å²) < 4.78 is 42.5. The first-order valence-corrected chi connectivity index (χ1v) is 22.7. The number of hydrogen-bond donors (Lipinski definition) is 1. The number of aryl methyl sites for hydroxylation is 2. The lowest BCUT2D eigenvalue weighted by atomic mass is 9.66. The minimum Gasteiger partial charge on any atom is -0.490 e. The van der Waals surface area contributed by atoms with Gasteiger partial charge >= 0.3 is 0 Å². The van der Waals surface area contributed by atoms with Gasteiger partial charge in [0.1, 0.15) is 21.2 Å². The Balaban J connectivity index is 1.19. The highest BCUT2D eigenvalue weighted by Gasteiger charge is 2.48. The lowest BCUT2D eigenvalue weighted by Gasteiger charge is -2.47. The molecule has 2 fully saturated rings. The van der Waals surface area contributed by atoms with Crippen LogP contribution in [0.2, 0.25) is 5.02 Å². The van der Waals surface area contributed by atoms with Crippen molar-refractivity contribution in [3.05, 3.63) is 69.9 Å². The van der Waals surface area contributed by atoms with E-state index >= 15 is 0 Å². The third-order valence-corrected chi connectivity index (χ3v) is 15.4. The summed E-state index contributed by atoms with van der Waals surface area (Å²) in [6, 6.07) is 11.7. The number of fused-ring (bicyclic) bond motifs is 6. The van der Waals surface area contributed by atoms with E-state index in [9.17, 15) is 13.8 Å². The van der Waals surface area contributed by atoms with E-state index in [4.69, 9.17) is 25.8 Å². The Morgan fingerprint density at radius 2 is 1.96 bits per heavy atom. The van der Waals surface area contributed by atoms with Crippen molar-refractivity contribution in [2.75, 3.05) is 58.1 Å². The second kappa shape index (κ2) is 16.2. The predicted octanol–water partition coefficient (Wildman–Crippen LogP) is 6.69. The summed E-state index contributed by atoms with van der Waals surface area (Å²) in [5.41, 5.74) is 3.54. The third kappa shape index (κ3) is 8.31. The number of aromatic nitrogens is 2. The molecule has 308 valence electrons. The van der Waals surface area contributed by atoms with Gasteiger partial charge in [-0.1, -0.05) is 24.6 Å². The first-order valence-electron chi connectivity index (χ1n) is 20.6. The molecule has 4 heterocycles. The number of halogens is 1. The maximum atomic E-state index is 14.9. The average Bonchev–Trinajstić information content (AvgIpc) is 3.70. The summed E-state index contributed by atoms with van der Waals surface area (Å²) in [6.07, 6.45) is 10.7. The van der Waals surface area contributed by atoms with Gasteiger partial charge in [-0.15, -0.1) is 9.46 Å². The second-order valence-corrected chi connectivity index (χ2v) is 20.1. The van der Waals surface area contributed by atoms with Gasteiger partial charge in [0.2, 0.25) is 5.88 Å². The van der Waals surface area contributed by atoms with E-state index in [0.29, 0.717) is 35.7 Å². The Morgan fingerprint density at radius 3 is 2.74 bits per heavy atom. The minimum absolute atomic E-state index is 0.0214. The van der Waals surface area contributed by atoms with Crippen LogP contribution in [0.15, 0.2) is 47.0 Å². The zero-order valence-electron chi connectivity index (χ0n) is 33.9. The third-order valence-electron chi connectivity index (χ3n) is 13.2. The summed E-state index contributed by atoms with van der Waals surface area (Å²) in [7, 11) is 3.72. The van der Waals surface area contributed by atoms with E-state index in [1.54, 1.807) is 13.1 Å².